The van der Waals surface area contributed by atoms with Crippen LogP contribution in [0, 0.1) is 0 Å². The Hall–Kier alpha value is -2.05. The monoisotopic (exact) mass is 487 g/mol. The number of thiophene rings is 1. The molecule has 0 bridgehead atoms. The van der Waals surface area contributed by atoms with E-state index in [0.717, 1.165) is 10.4 Å². The number of carboxylic acid groups (broad SMARTS) is 1. The molecule has 172 valence electrons. The first-order valence-electron chi connectivity index (χ1n) is 11.6. The number of carbonyl (C=O) groups is 2. The van der Waals surface area contributed by atoms with Crippen LogP contribution in [-0.4, -0.2) is 74.5 Å². The van der Waals surface area contributed by atoms with Gasteiger partial charge in [-0.2, -0.15) is 0 Å². The number of benzene rings is 1. The van der Waals surface area contributed by atoms with Gasteiger partial charge in [-0.25, -0.2) is 9.59 Å². The van der Waals surface area contributed by atoms with Crippen molar-refractivity contribution in [2.75, 3.05) is 6.54 Å². The number of rotatable bonds is 5. The number of hydrogen-bond acceptors (Lipinski definition) is 9. The Morgan fingerprint density at radius 1 is 1.25 bits per heavy atom. The average Bonchev–Trinajstić information content (AvgIpc) is 3.32. The Balaban J connectivity index is 1.73. The molecule has 32 heavy (non-hydrogen) atoms. The van der Waals surface area contributed by atoms with E-state index in [1.807, 2.05) is 11.4 Å². The summed E-state index contributed by atoms with van der Waals surface area (Å²) < 4.78 is 42.7. The second kappa shape index (κ2) is 9.44. The molecule has 0 amide bonds. The Labute approximate surface area is 198 Å². The molecule has 2 aromatic rings. The largest absolute Gasteiger partial charge is 0.479 e. The second-order valence-electron chi connectivity index (χ2n) is 7.39. The first-order chi connectivity index (χ1) is 16.9. The summed E-state index contributed by atoms with van der Waals surface area (Å²) in [6.07, 6.45) is -9.44. The molecule has 0 aliphatic carbocycles. The highest BCUT2D eigenvalue weighted by Crippen LogP contribution is 2.35. The summed E-state index contributed by atoms with van der Waals surface area (Å²) in [6.45, 7) is 0.504. The van der Waals surface area contributed by atoms with E-state index in [4.69, 9.17) is 26.6 Å². The number of hydrogen-bond donors (Lipinski definition) is 4. The number of nitrogens with zero attached hydrogens (tertiary/aromatic N) is 1. The maximum atomic E-state index is 13.5. The van der Waals surface area contributed by atoms with Gasteiger partial charge in [-0.1, -0.05) is 29.7 Å². The molecule has 4 rings (SSSR count). The number of aliphatic carboxylic acids is 1. The summed E-state index contributed by atoms with van der Waals surface area (Å²) in [6, 6.07) is -1.97. The molecule has 0 spiro atoms. The van der Waals surface area contributed by atoms with Crippen LogP contribution in [0.2, 0.25) is 5.02 Å². The van der Waals surface area contributed by atoms with Gasteiger partial charge in [0.2, 0.25) is 6.29 Å². The van der Waals surface area contributed by atoms with E-state index in [1.165, 1.54) is 11.3 Å². The number of esters is 1. The maximum absolute atomic E-state index is 13.5. The number of fused-ring (bicyclic) bond motifs is 1. The van der Waals surface area contributed by atoms with Crippen molar-refractivity contribution in [3.8, 4) is 0 Å². The summed E-state index contributed by atoms with van der Waals surface area (Å²) in [5, 5.41) is 41.0. The third kappa shape index (κ3) is 4.40. The lowest BCUT2D eigenvalue weighted by Gasteiger charge is -2.39. The van der Waals surface area contributed by atoms with Crippen LogP contribution in [0.3, 0.4) is 0 Å². The summed E-state index contributed by atoms with van der Waals surface area (Å²) in [5.74, 6) is -2.82. The molecular formula is C21H22ClNO8S. The van der Waals surface area contributed by atoms with Crippen LogP contribution in [0.1, 0.15) is 27.5 Å². The minimum Gasteiger partial charge on any atom is -0.479 e. The molecule has 3 heterocycles. The molecular weight excluding hydrogens is 462 g/mol. The summed E-state index contributed by atoms with van der Waals surface area (Å²) in [5.41, 5.74) is 0.645. The van der Waals surface area contributed by atoms with Gasteiger partial charge in [-0.15, -0.1) is 11.3 Å². The minimum atomic E-state index is -2.00. The number of carbonyl (C=O) groups excluding carboxylic acids is 1. The molecule has 1 aromatic heterocycles. The first-order valence-corrected chi connectivity index (χ1v) is 10.9. The lowest BCUT2D eigenvalue weighted by atomic mass is 9.98. The van der Waals surface area contributed by atoms with E-state index >= 15 is 0 Å². The zero-order valence-corrected chi connectivity index (χ0v) is 18.0. The molecule has 4 N–H and O–H groups in total. The quantitative estimate of drug-likeness (QED) is 0.454. The molecule has 2 aliphatic heterocycles. The second-order valence-corrected chi connectivity index (χ2v) is 8.77. The molecule has 9 nitrogen and oxygen atoms in total. The van der Waals surface area contributed by atoms with Crippen LogP contribution >= 0.6 is 22.9 Å². The van der Waals surface area contributed by atoms with Gasteiger partial charge in [0.1, 0.15) is 24.4 Å². The first kappa shape index (κ1) is 18.4. The van der Waals surface area contributed by atoms with Crippen molar-refractivity contribution in [2.24, 2.45) is 0 Å². The fourth-order valence-corrected chi connectivity index (χ4v) is 4.85. The molecule has 1 unspecified atom stereocenters. The fourth-order valence-electron chi connectivity index (χ4n) is 3.76. The minimum absolute atomic E-state index is 0.213. The van der Waals surface area contributed by atoms with E-state index in [-0.39, 0.29) is 12.1 Å². The van der Waals surface area contributed by atoms with Gasteiger partial charge in [-0.05, 0) is 35.0 Å². The van der Waals surface area contributed by atoms with Crippen LogP contribution in [0.4, 0.5) is 0 Å². The Morgan fingerprint density at radius 2 is 2.00 bits per heavy atom. The van der Waals surface area contributed by atoms with E-state index in [2.05, 4.69) is 0 Å². The lowest BCUT2D eigenvalue weighted by molar-refractivity contribution is -0.287. The summed E-state index contributed by atoms with van der Waals surface area (Å²) in [4.78, 5) is 27.6. The highest BCUT2D eigenvalue weighted by molar-refractivity contribution is 7.10. The van der Waals surface area contributed by atoms with E-state index in [9.17, 15) is 30.0 Å². The predicted molar refractivity (Wildman–Crippen MR) is 113 cm³/mol. The van der Waals surface area contributed by atoms with Gasteiger partial charge in [0.05, 0.1) is 5.48 Å². The number of aliphatic hydroxyl groups excluding tert-OH is 3. The van der Waals surface area contributed by atoms with E-state index < -0.39 is 77.9 Å². The number of ether oxygens (including phenoxy) is 2. The van der Waals surface area contributed by atoms with Crippen molar-refractivity contribution in [3.63, 3.8) is 0 Å². The third-order valence-corrected chi connectivity index (χ3v) is 6.73. The van der Waals surface area contributed by atoms with E-state index in [1.54, 1.807) is 4.90 Å². The zero-order valence-electron chi connectivity index (χ0n) is 20.4. The zero-order chi connectivity index (χ0) is 26.5. The van der Waals surface area contributed by atoms with Crippen molar-refractivity contribution in [1.29, 1.82) is 0 Å². The molecule has 0 radical (unpaired) electrons. The van der Waals surface area contributed by atoms with Crippen molar-refractivity contribution in [2.45, 2.75) is 49.7 Å². The molecule has 2 aliphatic rings. The van der Waals surface area contributed by atoms with Gasteiger partial charge < -0.3 is 29.9 Å². The third-order valence-electron chi connectivity index (χ3n) is 5.41. The Bertz CT molecular complexity index is 1170. The molecule has 0 saturated carbocycles. The van der Waals surface area contributed by atoms with Crippen molar-refractivity contribution in [1.82, 2.24) is 4.90 Å². The molecule has 1 saturated heterocycles. The molecule has 1 aromatic carbocycles. The van der Waals surface area contributed by atoms with Gasteiger partial charge >= 0.3 is 11.9 Å². The van der Waals surface area contributed by atoms with Crippen LogP contribution in [-0.2, 0) is 32.0 Å². The highest BCUT2D eigenvalue weighted by atomic mass is 35.5. The van der Waals surface area contributed by atoms with E-state index in [0.29, 0.717) is 13.0 Å². The van der Waals surface area contributed by atoms with Gasteiger partial charge in [0.25, 0.3) is 0 Å². The Morgan fingerprint density at radius 3 is 2.75 bits per heavy atom. The summed E-state index contributed by atoms with van der Waals surface area (Å²) >= 11 is 7.85. The maximum Gasteiger partial charge on any atom is 0.335 e. The smallest absolute Gasteiger partial charge is 0.335 e. The van der Waals surface area contributed by atoms with Crippen molar-refractivity contribution in [3.05, 3.63) is 56.6 Å². The van der Waals surface area contributed by atoms with Crippen LogP contribution in [0.5, 0.6) is 0 Å². The normalized spacial score (nSPS) is 30.9. The number of carboxylic acids is 1. The van der Waals surface area contributed by atoms with Gasteiger partial charge in [0.15, 0.2) is 6.10 Å². The predicted octanol–water partition coefficient (Wildman–Crippen LogP) is 0.936. The van der Waals surface area contributed by atoms with Crippen molar-refractivity contribution < 1.29 is 45.0 Å². The summed E-state index contributed by atoms with van der Waals surface area (Å²) in [7, 11) is 0. The topological polar surface area (TPSA) is 137 Å². The average molecular weight is 488 g/mol. The number of aliphatic hydroxyl groups is 3. The number of halogens is 1. The molecule has 6 atom stereocenters. The SMILES string of the molecule is [2H]c1c([2H])c([2H])c(C(C(=O)O[C@@H]2O[C@H](C(=O)O)[C@@H](O)[C@H](O)[C@H]2O)N2CCc3sccc3C2)c(Cl)c1[2H]. The highest BCUT2D eigenvalue weighted by Gasteiger charge is 2.49. The van der Waals surface area contributed by atoms with Crippen LogP contribution in [0.25, 0.3) is 0 Å². The van der Waals surface area contributed by atoms with Crippen LogP contribution < -0.4 is 0 Å². The van der Waals surface area contributed by atoms with Crippen molar-refractivity contribution >= 4 is 34.9 Å². The lowest BCUT2D eigenvalue weighted by Crippen LogP contribution is -2.61. The Kier molecular flexibility index (Phi) is 5.42. The molecule has 11 heteroatoms. The standard InChI is InChI=1S/C21H22ClNO8S/c22-12-4-2-1-3-11(12)14(23-7-5-13-10(9-23)6-8-32-13)20(29)31-21-17(26)15(24)16(25)18(30-21)19(27)28/h1-4,6,8,14-18,21,24-26H,5,7,9H2,(H,27,28)/t14?,15-,16-,17+,18-,21-/m0/s1/i1D,2D,3D,4D. The van der Waals surface area contributed by atoms with Gasteiger partial charge in [-0.3, -0.25) is 4.90 Å². The van der Waals surface area contributed by atoms with Gasteiger partial charge in [0, 0.05) is 23.0 Å². The fraction of sp³-hybridized carbons (Fsp3) is 0.429. The van der Waals surface area contributed by atoms with Crippen LogP contribution in [0.15, 0.2) is 35.6 Å². The molecule has 1 fully saturated rings.